The van der Waals surface area contributed by atoms with Gasteiger partial charge in [0.05, 0.1) is 0 Å². The molecule has 0 amide bonds. The van der Waals surface area contributed by atoms with Crippen LogP contribution in [0.3, 0.4) is 0 Å². The fraction of sp³-hybridized carbons (Fsp3) is 0.500. The molecule has 0 aromatic carbocycles. The summed E-state index contributed by atoms with van der Waals surface area (Å²) in [6.07, 6.45) is 2.54. The minimum Gasteiger partial charge on any atom is -0.480 e. The maximum absolute atomic E-state index is 8.65. The van der Waals surface area contributed by atoms with Crippen LogP contribution < -0.4 is 10.1 Å². The Labute approximate surface area is 87.3 Å². The highest BCUT2D eigenvalue weighted by molar-refractivity contribution is 7.14. The van der Waals surface area contributed by atoms with E-state index in [4.69, 9.17) is 10.00 Å². The molecular formula is C10H12N2OS. The van der Waals surface area contributed by atoms with Gasteiger partial charge in [-0.05, 0) is 31.5 Å². The first-order chi connectivity index (χ1) is 6.88. The summed E-state index contributed by atoms with van der Waals surface area (Å²) < 4.78 is 5.74. The number of nitrogens with one attached hydrogen (secondary N) is 1. The molecule has 2 rings (SSSR count). The van der Waals surface area contributed by atoms with Gasteiger partial charge < -0.3 is 10.1 Å². The summed E-state index contributed by atoms with van der Waals surface area (Å²) in [5.41, 5.74) is 0. The molecule has 0 saturated carbocycles. The van der Waals surface area contributed by atoms with Crippen LogP contribution in [0.2, 0.25) is 0 Å². The van der Waals surface area contributed by atoms with Gasteiger partial charge in [-0.3, -0.25) is 0 Å². The Bertz CT molecular complexity index is 336. The third-order valence-electron chi connectivity index (χ3n) is 2.23. The summed E-state index contributed by atoms with van der Waals surface area (Å²) in [6, 6.07) is 5.78. The van der Waals surface area contributed by atoms with Gasteiger partial charge in [-0.1, -0.05) is 11.3 Å². The van der Waals surface area contributed by atoms with Crippen molar-refractivity contribution in [2.24, 2.45) is 0 Å². The highest BCUT2D eigenvalue weighted by atomic mass is 32.1. The largest absolute Gasteiger partial charge is 0.480 e. The number of ether oxygens (including phenoxy) is 1. The minimum absolute atomic E-state index is 0.272. The van der Waals surface area contributed by atoms with Crippen LogP contribution in [-0.2, 0) is 0 Å². The van der Waals surface area contributed by atoms with Crippen molar-refractivity contribution in [1.29, 1.82) is 5.26 Å². The Morgan fingerprint density at radius 1 is 1.57 bits per heavy atom. The first-order valence-corrected chi connectivity index (χ1v) is 5.57. The monoisotopic (exact) mass is 208 g/mol. The van der Waals surface area contributed by atoms with Crippen molar-refractivity contribution in [3.63, 3.8) is 0 Å². The molecule has 1 aromatic rings. The van der Waals surface area contributed by atoms with E-state index in [0.29, 0.717) is 4.88 Å². The van der Waals surface area contributed by atoms with Crippen molar-refractivity contribution in [2.75, 3.05) is 13.1 Å². The van der Waals surface area contributed by atoms with E-state index in [0.717, 1.165) is 24.6 Å². The fourth-order valence-electron chi connectivity index (χ4n) is 1.53. The van der Waals surface area contributed by atoms with Gasteiger partial charge in [0.25, 0.3) is 0 Å². The van der Waals surface area contributed by atoms with Crippen molar-refractivity contribution in [1.82, 2.24) is 5.32 Å². The second kappa shape index (κ2) is 4.45. The van der Waals surface area contributed by atoms with Crippen LogP contribution in [0.4, 0.5) is 0 Å². The summed E-state index contributed by atoms with van der Waals surface area (Å²) in [5, 5.41) is 12.8. The van der Waals surface area contributed by atoms with E-state index in [1.165, 1.54) is 17.8 Å². The highest BCUT2D eigenvalue weighted by Gasteiger charge is 2.14. The van der Waals surface area contributed by atoms with E-state index >= 15 is 0 Å². The van der Waals surface area contributed by atoms with E-state index in [-0.39, 0.29) is 6.10 Å². The van der Waals surface area contributed by atoms with Crippen LogP contribution in [0, 0.1) is 11.3 Å². The minimum atomic E-state index is 0.272. The average Bonchev–Trinajstić information content (AvgIpc) is 2.67. The zero-order chi connectivity index (χ0) is 9.80. The number of hydrogen-bond acceptors (Lipinski definition) is 4. The lowest BCUT2D eigenvalue weighted by Gasteiger charge is -2.22. The Hall–Kier alpha value is -1.05. The summed E-state index contributed by atoms with van der Waals surface area (Å²) in [4.78, 5) is 0.712. The van der Waals surface area contributed by atoms with E-state index in [1.807, 2.05) is 6.07 Å². The van der Waals surface area contributed by atoms with E-state index < -0.39 is 0 Å². The molecule has 1 N–H and O–H groups in total. The van der Waals surface area contributed by atoms with Crippen LogP contribution >= 0.6 is 11.3 Å². The molecule has 14 heavy (non-hydrogen) atoms. The number of hydrogen-bond donors (Lipinski definition) is 1. The van der Waals surface area contributed by atoms with Gasteiger partial charge in [-0.25, -0.2) is 0 Å². The van der Waals surface area contributed by atoms with Crippen molar-refractivity contribution in [3.05, 3.63) is 17.0 Å². The first kappa shape index (κ1) is 9.50. The quantitative estimate of drug-likeness (QED) is 0.805. The summed E-state index contributed by atoms with van der Waals surface area (Å²) >= 11 is 1.42. The number of rotatable bonds is 2. The molecule has 1 atom stereocenters. The molecule has 3 nitrogen and oxygen atoms in total. The van der Waals surface area contributed by atoms with E-state index in [2.05, 4.69) is 11.4 Å². The lowest BCUT2D eigenvalue weighted by Crippen LogP contribution is -2.36. The van der Waals surface area contributed by atoms with Gasteiger partial charge in [0.15, 0.2) is 5.06 Å². The number of piperidine rings is 1. The van der Waals surface area contributed by atoms with Gasteiger partial charge in [-0.15, -0.1) is 0 Å². The average molecular weight is 208 g/mol. The third-order valence-corrected chi connectivity index (χ3v) is 3.11. The normalized spacial score (nSPS) is 21.5. The highest BCUT2D eigenvalue weighted by Crippen LogP contribution is 2.25. The SMILES string of the molecule is N#Cc1ccc(OC2CCCNC2)s1. The standard InChI is InChI=1S/C10H12N2OS/c11-6-9-3-4-10(14-9)13-8-2-1-5-12-7-8/h3-4,8,12H,1-2,5,7H2. The van der Waals surface area contributed by atoms with Crippen LogP contribution in [-0.4, -0.2) is 19.2 Å². The molecule has 4 heteroatoms. The van der Waals surface area contributed by atoms with E-state index in [1.54, 1.807) is 6.07 Å². The lowest BCUT2D eigenvalue weighted by atomic mass is 10.1. The molecule has 0 bridgehead atoms. The first-order valence-electron chi connectivity index (χ1n) is 4.76. The Kier molecular flexibility index (Phi) is 3.02. The molecule has 1 aliphatic heterocycles. The molecule has 74 valence electrons. The van der Waals surface area contributed by atoms with E-state index in [9.17, 15) is 0 Å². The van der Waals surface area contributed by atoms with Crippen molar-refractivity contribution in [3.8, 4) is 11.1 Å². The second-order valence-electron chi connectivity index (χ2n) is 3.32. The summed E-state index contributed by atoms with van der Waals surface area (Å²) in [5.74, 6) is 0. The fourth-order valence-corrected chi connectivity index (χ4v) is 2.25. The van der Waals surface area contributed by atoms with Crippen LogP contribution in [0.5, 0.6) is 5.06 Å². The van der Waals surface area contributed by atoms with Gasteiger partial charge in [0.1, 0.15) is 17.1 Å². The molecular weight excluding hydrogens is 196 g/mol. The molecule has 1 aromatic heterocycles. The Morgan fingerprint density at radius 3 is 3.14 bits per heavy atom. The van der Waals surface area contributed by atoms with Gasteiger partial charge in [-0.2, -0.15) is 5.26 Å². The van der Waals surface area contributed by atoms with Crippen molar-refractivity contribution < 1.29 is 4.74 Å². The molecule has 1 fully saturated rings. The Balaban J connectivity index is 1.93. The lowest BCUT2D eigenvalue weighted by molar-refractivity contribution is 0.172. The molecule has 0 spiro atoms. The zero-order valence-electron chi connectivity index (χ0n) is 7.82. The smallest absolute Gasteiger partial charge is 0.175 e. The number of nitriles is 1. The third kappa shape index (κ3) is 2.25. The molecule has 0 radical (unpaired) electrons. The molecule has 2 heterocycles. The van der Waals surface area contributed by atoms with Crippen LogP contribution in [0.1, 0.15) is 17.7 Å². The molecule has 1 saturated heterocycles. The maximum atomic E-state index is 8.65. The Morgan fingerprint density at radius 2 is 2.50 bits per heavy atom. The topological polar surface area (TPSA) is 45.0 Å². The summed E-state index contributed by atoms with van der Waals surface area (Å²) in [6.45, 7) is 2.01. The maximum Gasteiger partial charge on any atom is 0.175 e. The number of thiophene rings is 1. The number of nitrogens with zero attached hydrogens (tertiary/aromatic N) is 1. The molecule has 0 aliphatic carbocycles. The van der Waals surface area contributed by atoms with Gasteiger partial charge in [0.2, 0.25) is 0 Å². The summed E-state index contributed by atoms with van der Waals surface area (Å²) in [7, 11) is 0. The van der Waals surface area contributed by atoms with Crippen LogP contribution in [0.25, 0.3) is 0 Å². The zero-order valence-corrected chi connectivity index (χ0v) is 8.64. The second-order valence-corrected chi connectivity index (χ2v) is 4.36. The predicted molar refractivity (Wildman–Crippen MR) is 55.6 cm³/mol. The van der Waals surface area contributed by atoms with Crippen molar-refractivity contribution in [2.45, 2.75) is 18.9 Å². The predicted octanol–water partition coefficient (Wildman–Crippen LogP) is 1.75. The molecule has 1 aliphatic rings. The van der Waals surface area contributed by atoms with Gasteiger partial charge in [0, 0.05) is 6.54 Å². The molecule has 1 unspecified atom stereocenters. The van der Waals surface area contributed by atoms with Gasteiger partial charge >= 0.3 is 0 Å². The van der Waals surface area contributed by atoms with Crippen molar-refractivity contribution >= 4 is 11.3 Å². The van der Waals surface area contributed by atoms with Crippen LogP contribution in [0.15, 0.2) is 12.1 Å².